The number of hydrogen-bond donors (Lipinski definition) is 8. The second kappa shape index (κ2) is 23.8. The third-order valence-corrected chi connectivity index (χ3v) is 10.8. The maximum Gasteiger partial charge on any atom is 0.233 e. The van der Waals surface area contributed by atoms with Gasteiger partial charge in [-0.25, -0.2) is 4.39 Å². The van der Waals surface area contributed by atoms with Crippen LogP contribution in [0, 0.1) is 11.7 Å². The molecule has 1 aliphatic heterocycles. The van der Waals surface area contributed by atoms with Gasteiger partial charge < -0.3 is 50.9 Å². The molecule has 318 valence electrons. The van der Waals surface area contributed by atoms with E-state index in [9.17, 15) is 44.3 Å². The molecular formula is C44H60FN3O10. The van der Waals surface area contributed by atoms with Gasteiger partial charge in [-0.05, 0) is 78.8 Å². The Labute approximate surface area is 339 Å². The smallest absolute Gasteiger partial charge is 0.233 e. The molecule has 1 fully saturated rings. The lowest BCUT2D eigenvalue weighted by molar-refractivity contribution is -0.131. The first-order valence-electron chi connectivity index (χ1n) is 20.3. The van der Waals surface area contributed by atoms with E-state index in [-0.39, 0.29) is 48.5 Å². The van der Waals surface area contributed by atoms with Gasteiger partial charge in [0.2, 0.25) is 17.7 Å². The number of rotatable bonds is 26. The zero-order chi connectivity index (χ0) is 42.0. The molecule has 7 atom stereocenters. The van der Waals surface area contributed by atoms with E-state index in [0.717, 1.165) is 61.8 Å². The average molecular weight is 810 g/mol. The quantitative estimate of drug-likeness (QED) is 0.0430. The minimum atomic E-state index is -1.73. The molecule has 14 heteroatoms. The predicted octanol–water partition coefficient (Wildman–Crippen LogP) is 4.12. The third kappa shape index (κ3) is 13.8. The van der Waals surface area contributed by atoms with Crippen molar-refractivity contribution in [2.24, 2.45) is 5.92 Å². The summed E-state index contributed by atoms with van der Waals surface area (Å²) in [6.07, 6.45) is 1.46. The topological polar surface area (TPSA) is 209 Å². The molecular weight excluding hydrogens is 749 g/mol. The summed E-state index contributed by atoms with van der Waals surface area (Å²) in [6, 6.07) is 20.7. The van der Waals surface area contributed by atoms with E-state index in [2.05, 4.69) is 10.6 Å². The number of anilines is 1. The van der Waals surface area contributed by atoms with Gasteiger partial charge in [0, 0.05) is 31.6 Å². The van der Waals surface area contributed by atoms with Crippen LogP contribution in [0.4, 0.5) is 10.1 Å². The van der Waals surface area contributed by atoms with Gasteiger partial charge in [-0.3, -0.25) is 14.4 Å². The Morgan fingerprint density at radius 1 is 0.741 bits per heavy atom. The number of β-lactam (4-membered cyclic amide) rings is 1. The molecule has 1 heterocycles. The minimum Gasteiger partial charge on any atom is -0.497 e. The van der Waals surface area contributed by atoms with Gasteiger partial charge in [-0.2, -0.15) is 0 Å². The van der Waals surface area contributed by atoms with Crippen LogP contribution in [-0.2, 0) is 20.9 Å². The van der Waals surface area contributed by atoms with Gasteiger partial charge in [0.15, 0.2) is 0 Å². The summed E-state index contributed by atoms with van der Waals surface area (Å²) >= 11 is 0. The number of hydrogen-bond acceptors (Lipinski definition) is 10. The van der Waals surface area contributed by atoms with Crippen molar-refractivity contribution in [2.45, 2.75) is 120 Å². The summed E-state index contributed by atoms with van der Waals surface area (Å²) in [6.45, 7) is -0.681. The number of halogens is 1. The van der Waals surface area contributed by atoms with E-state index in [1.54, 1.807) is 24.1 Å². The van der Waals surface area contributed by atoms with Gasteiger partial charge in [0.05, 0.1) is 37.9 Å². The molecule has 3 aromatic carbocycles. The second-order valence-electron chi connectivity index (χ2n) is 15.1. The Balaban J connectivity index is 1.10. The molecule has 1 aliphatic rings. The largest absolute Gasteiger partial charge is 0.497 e. The van der Waals surface area contributed by atoms with Gasteiger partial charge in [-0.15, -0.1) is 0 Å². The number of amides is 3. The number of aliphatic hydroxyl groups excluding tert-OH is 6. The van der Waals surface area contributed by atoms with E-state index in [0.29, 0.717) is 43.5 Å². The summed E-state index contributed by atoms with van der Waals surface area (Å²) in [5.74, 6) is -0.357. The lowest BCUT2D eigenvalue weighted by Gasteiger charge is -2.48. The number of aliphatic hydroxyl groups is 6. The van der Waals surface area contributed by atoms with E-state index < -0.39 is 37.1 Å². The lowest BCUT2D eigenvalue weighted by Crippen LogP contribution is -2.55. The highest BCUT2D eigenvalue weighted by Gasteiger charge is 2.48. The standard InChI is InChI=1S/C44H60FN3O10/c1-58-34-22-16-31(17-23-34)41-35(24-25-36(50)30-14-18-32(45)19-15-30)44(57)48(41)33-20-12-29(13-21-33)26-46-39(53)10-8-6-4-2-3-5-7-9-11-40(54)47-27-37(51)42(55)43(56)38(52)28-49/h12-23,35-38,41-43,49-52,55-56H,2-11,24-28H2,1H3,(H,46,53)(H,47,54)/t35-,36+,37-,38+,41-,42+,43-/m1/s1. The molecule has 1 saturated heterocycles. The monoisotopic (exact) mass is 809 g/mol. The van der Waals surface area contributed by atoms with Crippen molar-refractivity contribution in [1.29, 1.82) is 0 Å². The van der Waals surface area contributed by atoms with Gasteiger partial charge in [0.1, 0.15) is 29.9 Å². The number of ether oxygens (including phenoxy) is 1. The molecule has 3 amide bonds. The highest BCUT2D eigenvalue weighted by atomic mass is 19.1. The fourth-order valence-corrected chi connectivity index (χ4v) is 7.18. The SMILES string of the molecule is COc1ccc([C@@H]2[C@@H](CC[C@H](O)c3ccc(F)cc3)C(=O)N2c2ccc(CNC(=O)CCCCCCCCCCC(=O)NC[C@@H](O)[C@H](O)[C@H](O)[C@@H](O)CO)cc2)cc1. The number of nitrogens with one attached hydrogen (secondary N) is 2. The van der Waals surface area contributed by atoms with Crippen molar-refractivity contribution >= 4 is 23.4 Å². The van der Waals surface area contributed by atoms with Crippen LogP contribution in [0.15, 0.2) is 72.8 Å². The maximum atomic E-state index is 13.6. The van der Waals surface area contributed by atoms with Crippen LogP contribution in [-0.4, -0.2) is 93.0 Å². The number of carbonyl (C=O) groups excluding carboxylic acids is 3. The first-order chi connectivity index (χ1) is 27.9. The van der Waals surface area contributed by atoms with Crippen LogP contribution in [0.5, 0.6) is 5.75 Å². The first kappa shape index (κ1) is 46.3. The zero-order valence-electron chi connectivity index (χ0n) is 33.2. The first-order valence-corrected chi connectivity index (χ1v) is 20.3. The molecule has 58 heavy (non-hydrogen) atoms. The van der Waals surface area contributed by atoms with Crippen LogP contribution in [0.3, 0.4) is 0 Å². The Morgan fingerprint density at radius 2 is 1.29 bits per heavy atom. The van der Waals surface area contributed by atoms with Crippen molar-refractivity contribution in [1.82, 2.24) is 10.6 Å². The van der Waals surface area contributed by atoms with E-state index in [1.165, 1.54) is 12.1 Å². The summed E-state index contributed by atoms with van der Waals surface area (Å²) in [5.41, 5.74) is 3.21. The highest BCUT2D eigenvalue weighted by molar-refractivity contribution is 6.03. The Morgan fingerprint density at radius 3 is 1.86 bits per heavy atom. The number of unbranched alkanes of at least 4 members (excludes halogenated alkanes) is 7. The normalized spacial score (nSPS) is 17.8. The number of benzene rings is 3. The molecule has 0 bridgehead atoms. The van der Waals surface area contributed by atoms with E-state index in [1.807, 2.05) is 48.5 Å². The van der Waals surface area contributed by atoms with Crippen molar-refractivity contribution in [3.05, 3.63) is 95.3 Å². The summed E-state index contributed by atoms with van der Waals surface area (Å²) < 4.78 is 18.7. The molecule has 4 rings (SSSR count). The number of methoxy groups -OCH3 is 1. The van der Waals surface area contributed by atoms with E-state index in [4.69, 9.17) is 9.84 Å². The molecule has 0 spiro atoms. The molecule has 8 N–H and O–H groups in total. The van der Waals surface area contributed by atoms with Crippen LogP contribution < -0.4 is 20.3 Å². The second-order valence-corrected chi connectivity index (χ2v) is 15.1. The van der Waals surface area contributed by atoms with Crippen LogP contribution in [0.2, 0.25) is 0 Å². The fraction of sp³-hybridized carbons (Fsp3) is 0.523. The van der Waals surface area contributed by atoms with Crippen LogP contribution >= 0.6 is 0 Å². The van der Waals surface area contributed by atoms with Crippen molar-refractivity contribution < 1.29 is 54.2 Å². The molecule has 0 saturated carbocycles. The molecule has 3 aromatic rings. The van der Waals surface area contributed by atoms with Crippen LogP contribution in [0.1, 0.15) is 106 Å². The predicted molar refractivity (Wildman–Crippen MR) is 216 cm³/mol. The summed E-state index contributed by atoms with van der Waals surface area (Å²) in [5, 5.41) is 63.8. The van der Waals surface area contributed by atoms with Gasteiger partial charge in [-0.1, -0.05) is 74.9 Å². The minimum absolute atomic E-state index is 0.0218. The Bertz CT molecular complexity index is 1700. The molecule has 0 unspecified atom stereocenters. The van der Waals surface area contributed by atoms with Crippen molar-refractivity contribution in [2.75, 3.05) is 25.2 Å². The number of carbonyl (C=O) groups is 3. The summed E-state index contributed by atoms with van der Waals surface area (Å²) in [7, 11) is 1.60. The fourth-order valence-electron chi connectivity index (χ4n) is 7.18. The molecule has 0 aromatic heterocycles. The Hall–Kier alpha value is -4.44. The average Bonchev–Trinajstić information content (AvgIpc) is 3.24. The maximum absolute atomic E-state index is 13.6. The lowest BCUT2D eigenvalue weighted by atomic mass is 9.78. The number of nitrogens with zero attached hydrogens (tertiary/aromatic N) is 1. The van der Waals surface area contributed by atoms with Crippen LogP contribution in [0.25, 0.3) is 0 Å². The van der Waals surface area contributed by atoms with Crippen molar-refractivity contribution in [3.8, 4) is 5.75 Å². The van der Waals surface area contributed by atoms with Crippen molar-refractivity contribution in [3.63, 3.8) is 0 Å². The van der Waals surface area contributed by atoms with E-state index >= 15 is 0 Å². The van der Waals surface area contributed by atoms with Gasteiger partial charge in [0.25, 0.3) is 0 Å². The third-order valence-electron chi connectivity index (χ3n) is 10.8. The zero-order valence-corrected chi connectivity index (χ0v) is 33.2. The highest BCUT2D eigenvalue weighted by Crippen LogP contribution is 2.46. The van der Waals surface area contributed by atoms with Gasteiger partial charge >= 0.3 is 0 Å². The summed E-state index contributed by atoms with van der Waals surface area (Å²) in [4.78, 5) is 39.9. The molecule has 0 radical (unpaired) electrons. The Kier molecular flexibility index (Phi) is 19.0. The molecule has 13 nitrogen and oxygen atoms in total. The molecule has 0 aliphatic carbocycles.